The summed E-state index contributed by atoms with van der Waals surface area (Å²) in [6.45, 7) is 5.22. The van der Waals surface area contributed by atoms with E-state index in [1.54, 1.807) is 66.7 Å². The standard InChI is InChI=1S/C30H36ClN3O5S/c1-5-22(3)32-30(36)26(6-2)33(20-23-16-18-24(31)19-17-23)29(35)21-34(27-14-10-11-15-28(27)39-4)40(37,38)25-12-8-7-9-13-25/h7-19,22,26H,5-6,20-21H2,1-4H3,(H,32,36). The molecule has 0 aliphatic heterocycles. The fourth-order valence-corrected chi connectivity index (χ4v) is 5.79. The van der Waals surface area contributed by atoms with E-state index in [-0.39, 0.29) is 29.1 Å². The van der Waals surface area contributed by atoms with Crippen molar-refractivity contribution in [1.82, 2.24) is 10.2 Å². The molecule has 0 saturated heterocycles. The quantitative estimate of drug-likeness (QED) is 0.295. The van der Waals surface area contributed by atoms with E-state index in [1.807, 2.05) is 20.8 Å². The number of para-hydroxylation sites is 2. The summed E-state index contributed by atoms with van der Waals surface area (Å²) in [6.07, 6.45) is 1.06. The zero-order valence-electron chi connectivity index (χ0n) is 23.2. The number of hydrogen-bond acceptors (Lipinski definition) is 5. The fraction of sp³-hybridized carbons (Fsp3) is 0.333. The molecule has 10 heteroatoms. The van der Waals surface area contributed by atoms with Crippen molar-refractivity contribution in [1.29, 1.82) is 0 Å². The van der Waals surface area contributed by atoms with Crippen molar-refractivity contribution in [3.63, 3.8) is 0 Å². The molecule has 0 radical (unpaired) electrons. The smallest absolute Gasteiger partial charge is 0.264 e. The summed E-state index contributed by atoms with van der Waals surface area (Å²) in [4.78, 5) is 28.9. The van der Waals surface area contributed by atoms with Gasteiger partial charge in [-0.05, 0) is 61.7 Å². The van der Waals surface area contributed by atoms with Gasteiger partial charge in [-0.25, -0.2) is 8.42 Å². The Labute approximate surface area is 241 Å². The Kier molecular flexibility index (Phi) is 11.0. The second kappa shape index (κ2) is 14.2. The monoisotopic (exact) mass is 585 g/mol. The molecule has 0 aliphatic carbocycles. The second-order valence-corrected chi connectivity index (χ2v) is 11.7. The number of amides is 2. The minimum atomic E-state index is -4.18. The predicted molar refractivity (Wildman–Crippen MR) is 158 cm³/mol. The van der Waals surface area contributed by atoms with Gasteiger partial charge in [0.05, 0.1) is 17.7 Å². The average Bonchev–Trinajstić information content (AvgIpc) is 2.96. The molecule has 0 aromatic heterocycles. The maximum atomic E-state index is 14.1. The third-order valence-electron chi connectivity index (χ3n) is 6.62. The fourth-order valence-electron chi connectivity index (χ4n) is 4.22. The number of nitrogens with one attached hydrogen (secondary N) is 1. The van der Waals surface area contributed by atoms with Crippen LogP contribution < -0.4 is 14.4 Å². The molecule has 0 heterocycles. The number of benzene rings is 3. The van der Waals surface area contributed by atoms with Crippen LogP contribution in [0, 0.1) is 0 Å². The van der Waals surface area contributed by atoms with Crippen LogP contribution in [0.5, 0.6) is 5.75 Å². The summed E-state index contributed by atoms with van der Waals surface area (Å²) in [5, 5.41) is 3.51. The lowest BCUT2D eigenvalue weighted by Crippen LogP contribution is -2.53. The van der Waals surface area contributed by atoms with Crippen molar-refractivity contribution in [3.8, 4) is 5.75 Å². The van der Waals surface area contributed by atoms with Gasteiger partial charge < -0.3 is 15.0 Å². The largest absolute Gasteiger partial charge is 0.495 e. The van der Waals surface area contributed by atoms with Gasteiger partial charge >= 0.3 is 0 Å². The van der Waals surface area contributed by atoms with Crippen molar-refractivity contribution in [2.45, 2.75) is 57.1 Å². The number of anilines is 1. The van der Waals surface area contributed by atoms with Crippen LogP contribution in [-0.2, 0) is 26.2 Å². The number of carbonyl (C=O) groups is 2. The number of halogens is 1. The molecular formula is C30H36ClN3O5S. The van der Waals surface area contributed by atoms with E-state index in [1.165, 1.54) is 24.1 Å². The van der Waals surface area contributed by atoms with Crippen molar-refractivity contribution in [2.24, 2.45) is 0 Å². The minimum absolute atomic E-state index is 0.0273. The Morgan fingerprint density at radius 2 is 1.55 bits per heavy atom. The van der Waals surface area contributed by atoms with Crippen molar-refractivity contribution in [2.75, 3.05) is 18.0 Å². The van der Waals surface area contributed by atoms with Crippen LogP contribution in [0.1, 0.15) is 39.2 Å². The van der Waals surface area contributed by atoms with Crippen molar-refractivity contribution < 1.29 is 22.7 Å². The number of nitrogens with zero attached hydrogens (tertiary/aromatic N) is 2. The average molecular weight is 586 g/mol. The van der Waals surface area contributed by atoms with Gasteiger partial charge in [0.1, 0.15) is 18.3 Å². The van der Waals surface area contributed by atoms with Crippen LogP contribution in [0.15, 0.2) is 83.8 Å². The predicted octanol–water partition coefficient (Wildman–Crippen LogP) is 5.27. The molecule has 0 bridgehead atoms. The summed E-state index contributed by atoms with van der Waals surface area (Å²) in [7, 11) is -2.74. The minimum Gasteiger partial charge on any atom is -0.495 e. The highest BCUT2D eigenvalue weighted by Crippen LogP contribution is 2.32. The van der Waals surface area contributed by atoms with Gasteiger partial charge in [0, 0.05) is 17.6 Å². The van der Waals surface area contributed by atoms with E-state index < -0.39 is 28.5 Å². The van der Waals surface area contributed by atoms with E-state index >= 15 is 0 Å². The number of sulfonamides is 1. The molecule has 2 amide bonds. The molecule has 3 aromatic rings. The van der Waals surface area contributed by atoms with Gasteiger partial charge in [0.15, 0.2) is 0 Å². The molecule has 0 aliphatic rings. The van der Waals surface area contributed by atoms with Gasteiger partial charge in [-0.3, -0.25) is 13.9 Å². The van der Waals surface area contributed by atoms with E-state index in [0.29, 0.717) is 17.2 Å². The van der Waals surface area contributed by atoms with Gasteiger partial charge in [0.25, 0.3) is 10.0 Å². The number of rotatable bonds is 13. The zero-order chi connectivity index (χ0) is 29.3. The van der Waals surface area contributed by atoms with Gasteiger partial charge in [0.2, 0.25) is 11.8 Å². The Hall–Kier alpha value is -3.56. The van der Waals surface area contributed by atoms with E-state index in [0.717, 1.165) is 16.3 Å². The first-order valence-electron chi connectivity index (χ1n) is 13.2. The van der Waals surface area contributed by atoms with Crippen LogP contribution in [-0.4, -0.2) is 50.9 Å². The van der Waals surface area contributed by atoms with Gasteiger partial charge in [-0.2, -0.15) is 0 Å². The molecule has 2 atom stereocenters. The van der Waals surface area contributed by atoms with Crippen LogP contribution >= 0.6 is 11.6 Å². The third-order valence-corrected chi connectivity index (χ3v) is 8.64. The molecule has 0 spiro atoms. The number of ether oxygens (including phenoxy) is 1. The Morgan fingerprint density at radius 3 is 2.15 bits per heavy atom. The first-order chi connectivity index (χ1) is 19.1. The molecule has 0 saturated carbocycles. The Balaban J connectivity index is 2.08. The molecule has 40 heavy (non-hydrogen) atoms. The summed E-state index contributed by atoms with van der Waals surface area (Å²) in [5.74, 6) is -0.541. The summed E-state index contributed by atoms with van der Waals surface area (Å²) >= 11 is 6.07. The molecule has 0 fully saturated rings. The third kappa shape index (κ3) is 7.55. The number of carbonyl (C=O) groups excluding carboxylic acids is 2. The SMILES string of the molecule is CCC(C)NC(=O)C(CC)N(Cc1ccc(Cl)cc1)C(=O)CN(c1ccccc1OC)S(=O)(=O)c1ccccc1. The zero-order valence-corrected chi connectivity index (χ0v) is 24.8. The first kappa shape index (κ1) is 31.0. The summed E-state index contributed by atoms with van der Waals surface area (Å²) < 4.78 is 34.3. The highest BCUT2D eigenvalue weighted by molar-refractivity contribution is 7.92. The van der Waals surface area contributed by atoms with E-state index in [9.17, 15) is 18.0 Å². The molecule has 1 N–H and O–H groups in total. The van der Waals surface area contributed by atoms with E-state index in [2.05, 4.69) is 5.32 Å². The topological polar surface area (TPSA) is 96.0 Å². The lowest BCUT2D eigenvalue weighted by atomic mass is 10.1. The number of hydrogen-bond donors (Lipinski definition) is 1. The lowest BCUT2D eigenvalue weighted by Gasteiger charge is -2.34. The van der Waals surface area contributed by atoms with Crippen LogP contribution in [0.4, 0.5) is 5.69 Å². The Morgan fingerprint density at radius 1 is 0.925 bits per heavy atom. The number of methoxy groups -OCH3 is 1. The van der Waals surface area contributed by atoms with Crippen LogP contribution in [0.25, 0.3) is 0 Å². The Bertz CT molecular complexity index is 1380. The molecule has 8 nitrogen and oxygen atoms in total. The normalized spacial score (nSPS) is 12.7. The van der Waals surface area contributed by atoms with Gasteiger partial charge in [-0.15, -0.1) is 0 Å². The summed E-state index contributed by atoms with van der Waals surface area (Å²) in [6, 6.07) is 20.6. The van der Waals surface area contributed by atoms with Crippen LogP contribution in [0.3, 0.4) is 0 Å². The summed E-state index contributed by atoms with van der Waals surface area (Å²) in [5.41, 5.74) is 0.966. The maximum absolute atomic E-state index is 14.1. The highest BCUT2D eigenvalue weighted by atomic mass is 35.5. The molecule has 214 valence electrons. The maximum Gasteiger partial charge on any atom is 0.264 e. The molecular weight excluding hydrogens is 550 g/mol. The van der Waals surface area contributed by atoms with Gasteiger partial charge in [-0.1, -0.05) is 67.9 Å². The van der Waals surface area contributed by atoms with E-state index in [4.69, 9.17) is 16.3 Å². The van der Waals surface area contributed by atoms with Crippen molar-refractivity contribution >= 4 is 39.1 Å². The first-order valence-corrected chi connectivity index (χ1v) is 15.0. The molecule has 3 aromatic carbocycles. The van der Waals surface area contributed by atoms with Crippen LogP contribution in [0.2, 0.25) is 5.02 Å². The lowest BCUT2D eigenvalue weighted by molar-refractivity contribution is -0.140. The molecule has 2 unspecified atom stereocenters. The second-order valence-electron chi connectivity index (χ2n) is 9.39. The highest BCUT2D eigenvalue weighted by Gasteiger charge is 2.34. The molecule has 3 rings (SSSR count). The van der Waals surface area contributed by atoms with Crippen molar-refractivity contribution in [3.05, 3.63) is 89.4 Å².